The van der Waals surface area contributed by atoms with E-state index < -0.39 is 45.2 Å². The number of nitrogens with one attached hydrogen (secondary N) is 1. The summed E-state index contributed by atoms with van der Waals surface area (Å²) in [5.41, 5.74) is -0.697. The van der Waals surface area contributed by atoms with E-state index in [-0.39, 0.29) is 41.4 Å². The summed E-state index contributed by atoms with van der Waals surface area (Å²) < 4.78 is 68.5. The molecule has 2 aromatic heterocycles. The summed E-state index contributed by atoms with van der Waals surface area (Å²) in [7, 11) is 2.73. The highest BCUT2D eigenvalue weighted by molar-refractivity contribution is 6.09. The molecule has 2 heterocycles. The molecule has 0 aliphatic heterocycles. The molecule has 0 radical (unpaired) electrons. The van der Waals surface area contributed by atoms with Crippen LogP contribution in [0.15, 0.2) is 42.6 Å². The highest BCUT2D eigenvalue weighted by Gasteiger charge is 2.30. The van der Waals surface area contributed by atoms with Gasteiger partial charge in [-0.2, -0.15) is 4.39 Å². The van der Waals surface area contributed by atoms with Crippen LogP contribution in [0.5, 0.6) is 5.75 Å². The Kier molecular flexibility index (Phi) is 7.35. The fraction of sp³-hybridized carbons (Fsp3) is 0.192. The minimum Gasteiger partial charge on any atom is -0.496 e. The summed E-state index contributed by atoms with van der Waals surface area (Å²) in [5, 5.41) is 14.6. The van der Waals surface area contributed by atoms with Crippen molar-refractivity contribution in [1.82, 2.24) is 4.40 Å². The minimum absolute atomic E-state index is 0.0164. The van der Waals surface area contributed by atoms with Gasteiger partial charge in [0.1, 0.15) is 11.4 Å². The van der Waals surface area contributed by atoms with E-state index in [0.29, 0.717) is 23.2 Å². The number of nitro groups is 1. The fourth-order valence-corrected chi connectivity index (χ4v) is 4.30. The number of nitro benzene ring substituents is 1. The number of aromatic nitrogens is 1. The molecule has 0 aliphatic rings. The van der Waals surface area contributed by atoms with Gasteiger partial charge in [-0.1, -0.05) is 6.07 Å². The Bertz CT molecular complexity index is 1560. The molecule has 2 aromatic carbocycles. The van der Waals surface area contributed by atoms with Gasteiger partial charge in [0.05, 0.1) is 35.4 Å². The summed E-state index contributed by atoms with van der Waals surface area (Å²) >= 11 is 0. The van der Waals surface area contributed by atoms with Gasteiger partial charge in [0.25, 0.3) is 0 Å². The van der Waals surface area contributed by atoms with Crippen molar-refractivity contribution >= 4 is 22.7 Å². The number of anilines is 1. The Morgan fingerprint density at radius 2 is 1.76 bits per heavy atom. The van der Waals surface area contributed by atoms with Crippen molar-refractivity contribution in [3.05, 3.63) is 92.8 Å². The molecular weight excluding hydrogens is 510 g/mol. The number of nitrogens with zero attached hydrogens (tertiary/aromatic N) is 2. The van der Waals surface area contributed by atoms with Crippen molar-refractivity contribution in [3.63, 3.8) is 0 Å². The van der Waals surface area contributed by atoms with Gasteiger partial charge in [0, 0.05) is 37.0 Å². The molecular formula is C26H21F4N3O5. The predicted molar refractivity (Wildman–Crippen MR) is 131 cm³/mol. The van der Waals surface area contributed by atoms with Gasteiger partial charge in [-0.05, 0) is 36.8 Å². The number of aryl methyl sites for hydroxylation is 1. The summed E-state index contributed by atoms with van der Waals surface area (Å²) in [6.45, 7) is 1.99. The van der Waals surface area contributed by atoms with Crippen LogP contribution >= 0.6 is 0 Å². The smallest absolute Gasteiger partial charge is 0.328 e. The van der Waals surface area contributed by atoms with Crippen molar-refractivity contribution in [1.29, 1.82) is 0 Å². The molecule has 0 aliphatic carbocycles. The topological polar surface area (TPSA) is 95.1 Å². The van der Waals surface area contributed by atoms with Crippen molar-refractivity contribution in [2.45, 2.75) is 6.92 Å². The number of hydrogen-bond donors (Lipinski definition) is 1. The number of carbonyl (C=O) groups is 1. The first kappa shape index (κ1) is 26.6. The lowest BCUT2D eigenvalue weighted by molar-refractivity contribution is -0.386. The summed E-state index contributed by atoms with van der Waals surface area (Å²) in [4.78, 5) is 24.1. The lowest BCUT2D eigenvalue weighted by atomic mass is 10.00. The monoisotopic (exact) mass is 531 g/mol. The van der Waals surface area contributed by atoms with E-state index in [1.807, 2.05) is 0 Å². The number of halogens is 4. The zero-order valence-electron chi connectivity index (χ0n) is 20.4. The van der Waals surface area contributed by atoms with Gasteiger partial charge in [-0.25, -0.2) is 13.2 Å². The lowest BCUT2D eigenvalue weighted by Gasteiger charge is -2.16. The van der Waals surface area contributed by atoms with E-state index in [2.05, 4.69) is 5.32 Å². The van der Waals surface area contributed by atoms with Crippen LogP contribution < -0.4 is 10.1 Å². The number of fused-ring (bicyclic) bond motifs is 1. The molecule has 198 valence electrons. The number of hydrogen-bond acceptors (Lipinski definition) is 6. The first-order valence-corrected chi connectivity index (χ1v) is 11.2. The van der Waals surface area contributed by atoms with Crippen LogP contribution in [0.4, 0.5) is 28.9 Å². The maximum atomic E-state index is 15.9. The molecule has 1 N–H and O–H groups in total. The highest BCUT2D eigenvalue weighted by Crippen LogP contribution is 2.44. The number of methoxy groups -OCH3 is 2. The normalized spacial score (nSPS) is 11.1. The van der Waals surface area contributed by atoms with Gasteiger partial charge in [0.15, 0.2) is 17.5 Å². The van der Waals surface area contributed by atoms with Crippen molar-refractivity contribution in [3.8, 4) is 16.9 Å². The summed E-state index contributed by atoms with van der Waals surface area (Å²) in [6.07, 6.45) is 1.47. The van der Waals surface area contributed by atoms with Gasteiger partial charge < -0.3 is 19.2 Å². The first-order valence-electron chi connectivity index (χ1n) is 11.2. The van der Waals surface area contributed by atoms with E-state index in [9.17, 15) is 28.1 Å². The molecule has 0 saturated heterocycles. The Balaban J connectivity index is 1.94. The number of pyridine rings is 1. The van der Waals surface area contributed by atoms with Crippen LogP contribution in [0.1, 0.15) is 21.6 Å². The molecule has 12 heteroatoms. The van der Waals surface area contributed by atoms with Gasteiger partial charge in [0.2, 0.25) is 11.6 Å². The molecule has 38 heavy (non-hydrogen) atoms. The molecule has 4 rings (SSSR count). The van der Waals surface area contributed by atoms with Crippen LogP contribution in [-0.2, 0) is 4.74 Å². The second-order valence-corrected chi connectivity index (χ2v) is 8.28. The van der Waals surface area contributed by atoms with Crippen LogP contribution in [0.2, 0.25) is 0 Å². The molecule has 8 nitrogen and oxygen atoms in total. The van der Waals surface area contributed by atoms with E-state index in [1.54, 1.807) is 6.92 Å². The quantitative estimate of drug-likeness (QED) is 0.0746. The number of rotatable bonds is 9. The van der Waals surface area contributed by atoms with E-state index in [4.69, 9.17) is 9.47 Å². The second-order valence-electron chi connectivity index (χ2n) is 8.28. The third kappa shape index (κ3) is 4.54. The molecule has 0 bridgehead atoms. The van der Waals surface area contributed by atoms with E-state index in [1.165, 1.54) is 49.1 Å². The van der Waals surface area contributed by atoms with Crippen molar-refractivity contribution in [2.75, 3.05) is 32.7 Å². The maximum Gasteiger partial charge on any atom is 0.328 e. The highest BCUT2D eigenvalue weighted by atomic mass is 19.2. The van der Waals surface area contributed by atoms with Crippen LogP contribution in [0.3, 0.4) is 0 Å². The standard InChI is InChI=1S/C26H21F4N3O5/c1-13-9-19(26(34)14-10-16(27)22(29)17(28)11-14)32-7-4-5-15(24(13)32)21-20(38-3)12-18(31-6-8-37-2)25(23(21)30)33(35)36/h4-5,7,9-12,31H,6,8H2,1-3H3. The van der Waals surface area contributed by atoms with Crippen molar-refractivity contribution in [2.24, 2.45) is 0 Å². The van der Waals surface area contributed by atoms with Gasteiger partial charge >= 0.3 is 5.69 Å². The average Bonchev–Trinajstić information content (AvgIpc) is 3.22. The summed E-state index contributed by atoms with van der Waals surface area (Å²) in [6, 6.07) is 6.85. The Hall–Kier alpha value is -4.45. The van der Waals surface area contributed by atoms with Crippen molar-refractivity contribution < 1.29 is 36.8 Å². The number of carbonyl (C=O) groups excluding carboxylic acids is 1. The number of ether oxygens (including phenoxy) is 2. The molecule has 0 saturated carbocycles. The third-order valence-corrected chi connectivity index (χ3v) is 5.96. The average molecular weight is 531 g/mol. The number of ketones is 1. The van der Waals surface area contributed by atoms with E-state index >= 15 is 4.39 Å². The maximum absolute atomic E-state index is 15.9. The molecule has 4 aromatic rings. The predicted octanol–water partition coefficient (Wildman–Crippen LogP) is 5.68. The number of benzene rings is 2. The molecule has 0 amide bonds. The molecule has 0 spiro atoms. The van der Waals surface area contributed by atoms with E-state index in [0.717, 1.165) is 0 Å². The van der Waals surface area contributed by atoms with Crippen LogP contribution in [0.25, 0.3) is 16.6 Å². The largest absolute Gasteiger partial charge is 0.496 e. The minimum atomic E-state index is -1.70. The Morgan fingerprint density at radius 3 is 2.37 bits per heavy atom. The lowest BCUT2D eigenvalue weighted by Crippen LogP contribution is -2.11. The zero-order valence-corrected chi connectivity index (χ0v) is 20.4. The summed E-state index contributed by atoms with van der Waals surface area (Å²) in [5.74, 6) is -6.76. The fourth-order valence-electron chi connectivity index (χ4n) is 4.30. The molecule has 0 fully saturated rings. The van der Waals surface area contributed by atoms with Crippen LogP contribution in [0, 0.1) is 40.3 Å². The SMILES string of the molecule is COCCNc1cc(OC)c(-c2cccn3c(C(=O)c4cc(F)c(F)c(F)c4)cc(C)c23)c(F)c1[N+](=O)[O-]. The zero-order chi connectivity index (χ0) is 27.7. The molecule has 0 atom stereocenters. The van der Waals surface area contributed by atoms with Gasteiger partial charge in [-0.15, -0.1) is 0 Å². The first-order chi connectivity index (χ1) is 18.1. The molecule has 0 unspecified atom stereocenters. The Morgan fingerprint density at radius 1 is 1.08 bits per heavy atom. The van der Waals surface area contributed by atoms with Crippen LogP contribution in [-0.4, -0.2) is 42.5 Å². The van der Waals surface area contributed by atoms with Gasteiger partial charge in [-0.3, -0.25) is 14.9 Å². The second kappa shape index (κ2) is 10.5. The third-order valence-electron chi connectivity index (χ3n) is 5.96. The Labute approximate surface area is 213 Å².